The van der Waals surface area contributed by atoms with Crippen molar-refractivity contribution in [1.29, 1.82) is 0 Å². The van der Waals surface area contributed by atoms with Crippen molar-refractivity contribution >= 4 is 46.6 Å². The third-order valence-corrected chi connectivity index (χ3v) is 6.03. The zero-order valence-electron chi connectivity index (χ0n) is 20.8. The molecule has 0 spiro atoms. The van der Waals surface area contributed by atoms with Crippen LogP contribution in [0.3, 0.4) is 0 Å². The molecule has 2 unspecified atom stereocenters. The quantitative estimate of drug-likeness (QED) is 0.133. The summed E-state index contributed by atoms with van der Waals surface area (Å²) in [5.74, 6) is 4.27. The third kappa shape index (κ3) is 9.11. The van der Waals surface area contributed by atoms with E-state index in [2.05, 4.69) is 27.8 Å². The molecule has 0 aliphatic carbocycles. The number of carbonyl (C=O) groups excluding carboxylic acids is 3. The second-order valence-corrected chi connectivity index (χ2v) is 9.30. The Kier molecular flexibility index (Phi) is 10.9. The summed E-state index contributed by atoms with van der Waals surface area (Å²) < 4.78 is 0. The number of nitrogens with one attached hydrogen (secondary N) is 4. The normalized spacial score (nSPS) is 11.9. The molecule has 0 saturated heterocycles. The van der Waals surface area contributed by atoms with Crippen LogP contribution in [0.25, 0.3) is 0 Å². The van der Waals surface area contributed by atoms with Crippen LogP contribution in [0.15, 0.2) is 66.7 Å². The van der Waals surface area contributed by atoms with Crippen LogP contribution in [0.1, 0.15) is 34.0 Å². The number of carbonyl (C=O) groups is 3. The van der Waals surface area contributed by atoms with Crippen molar-refractivity contribution in [3.05, 3.63) is 99.0 Å². The van der Waals surface area contributed by atoms with E-state index in [-0.39, 0.29) is 18.0 Å². The lowest BCUT2D eigenvalue weighted by Gasteiger charge is -2.19. The number of rotatable bonds is 9. The summed E-state index contributed by atoms with van der Waals surface area (Å²) in [4.78, 5) is 36.2. The van der Waals surface area contributed by atoms with E-state index >= 15 is 0 Å². The van der Waals surface area contributed by atoms with E-state index < -0.39 is 24.0 Å². The van der Waals surface area contributed by atoms with Crippen molar-refractivity contribution in [2.24, 2.45) is 0 Å². The van der Waals surface area contributed by atoms with Crippen molar-refractivity contribution in [3.63, 3.8) is 0 Å². The molecule has 0 aromatic heterocycles. The predicted molar refractivity (Wildman–Crippen MR) is 149 cm³/mol. The molecule has 3 aromatic rings. The molecule has 202 valence electrons. The molecule has 0 fully saturated rings. The minimum atomic E-state index is -1.31. The fourth-order valence-electron chi connectivity index (χ4n) is 3.37. The fourth-order valence-corrected chi connectivity index (χ4v) is 3.84. The molecule has 0 radical (unpaired) electrons. The van der Waals surface area contributed by atoms with Gasteiger partial charge in [-0.3, -0.25) is 19.6 Å². The maximum atomic E-state index is 12.4. The van der Waals surface area contributed by atoms with Gasteiger partial charge >= 0.3 is 0 Å². The molecule has 0 saturated carbocycles. The summed E-state index contributed by atoms with van der Waals surface area (Å²) in [6, 6.07) is 17.3. The number of halogens is 2. The smallest absolute Gasteiger partial charge is 0.268 e. The summed E-state index contributed by atoms with van der Waals surface area (Å²) >= 11 is 12.0. The predicted octanol–water partition coefficient (Wildman–Crippen LogP) is 3.11. The largest absolute Gasteiger partial charge is 0.391 e. The van der Waals surface area contributed by atoms with Gasteiger partial charge in [0.05, 0.1) is 12.6 Å². The fraction of sp³-hybridized carbons (Fsp3) is 0.179. The summed E-state index contributed by atoms with van der Waals surface area (Å²) in [7, 11) is 0. The molecule has 0 heterocycles. The lowest BCUT2D eigenvalue weighted by atomic mass is 10.1. The first-order valence-corrected chi connectivity index (χ1v) is 12.5. The zero-order chi connectivity index (χ0) is 28.4. The first-order chi connectivity index (χ1) is 18.7. The highest BCUT2D eigenvalue weighted by atomic mass is 35.5. The van der Waals surface area contributed by atoms with Crippen LogP contribution in [0, 0.1) is 11.8 Å². The van der Waals surface area contributed by atoms with E-state index in [0.717, 1.165) is 11.1 Å². The number of aliphatic hydroxyl groups is 1. The monoisotopic (exact) mass is 568 g/mol. The Morgan fingerprint density at radius 3 is 2.10 bits per heavy atom. The number of aliphatic hydroxyl groups excluding tert-OH is 1. The Balaban J connectivity index is 1.50. The molecule has 0 aliphatic rings. The third-order valence-electron chi connectivity index (χ3n) is 5.44. The van der Waals surface area contributed by atoms with Gasteiger partial charge in [-0.1, -0.05) is 41.1 Å². The highest BCUT2D eigenvalue weighted by molar-refractivity contribution is 6.35. The Hall–Kier alpha value is -3.91. The van der Waals surface area contributed by atoms with Gasteiger partial charge in [0.25, 0.3) is 11.8 Å². The van der Waals surface area contributed by atoms with Gasteiger partial charge in [-0.15, -0.1) is 0 Å². The standard InChI is InChI=1S/C28H26Cl2N4O5/c1-17(35)26(28(38)34-39)33-27(37)20-8-4-18(5-9-20)2-3-19-6-12-23(13-7-19)32-25(36)16-31-15-21-10-11-22(29)14-24(21)30/h4-14,17,26,31,35,39H,15-16H2,1H3,(H,32,36)(H,33,37)(H,34,38). The van der Waals surface area contributed by atoms with E-state index in [0.29, 0.717) is 27.8 Å². The van der Waals surface area contributed by atoms with Crippen molar-refractivity contribution < 1.29 is 24.7 Å². The van der Waals surface area contributed by atoms with Gasteiger partial charge in [-0.2, -0.15) is 0 Å². The summed E-state index contributed by atoms with van der Waals surface area (Å²) in [6.45, 7) is 1.84. The molecule has 0 bridgehead atoms. The summed E-state index contributed by atoms with van der Waals surface area (Å²) in [5.41, 5.74) is 4.50. The molecule has 3 amide bonds. The van der Waals surface area contributed by atoms with Crippen LogP contribution in [-0.4, -0.2) is 46.7 Å². The number of hydroxylamine groups is 1. The number of hydrogen-bond donors (Lipinski definition) is 6. The van der Waals surface area contributed by atoms with Crippen molar-refractivity contribution in [3.8, 4) is 11.8 Å². The molecule has 39 heavy (non-hydrogen) atoms. The molecule has 3 rings (SSSR count). The Labute approximate surface area is 235 Å². The SMILES string of the molecule is CC(O)C(NC(=O)c1ccc(C#Cc2ccc(NC(=O)CNCc3ccc(Cl)cc3Cl)cc2)cc1)C(=O)NO. The maximum absolute atomic E-state index is 12.4. The van der Waals surface area contributed by atoms with Crippen LogP contribution in [0.5, 0.6) is 0 Å². The van der Waals surface area contributed by atoms with E-state index in [1.54, 1.807) is 54.6 Å². The second-order valence-electron chi connectivity index (χ2n) is 8.46. The molecule has 6 N–H and O–H groups in total. The van der Waals surface area contributed by atoms with Crippen LogP contribution < -0.4 is 21.4 Å². The Morgan fingerprint density at radius 1 is 0.923 bits per heavy atom. The Morgan fingerprint density at radius 2 is 1.54 bits per heavy atom. The molecule has 2 atom stereocenters. The summed E-state index contributed by atoms with van der Waals surface area (Å²) in [5, 5.41) is 27.7. The first kappa shape index (κ1) is 29.6. The van der Waals surface area contributed by atoms with Crippen LogP contribution >= 0.6 is 23.2 Å². The lowest BCUT2D eigenvalue weighted by Crippen LogP contribution is -2.51. The average molecular weight is 569 g/mol. The topological polar surface area (TPSA) is 140 Å². The van der Waals surface area contributed by atoms with Gasteiger partial charge in [0.15, 0.2) is 0 Å². The van der Waals surface area contributed by atoms with Gasteiger partial charge in [-0.25, -0.2) is 5.48 Å². The number of amides is 3. The average Bonchev–Trinajstić information content (AvgIpc) is 2.92. The minimum Gasteiger partial charge on any atom is -0.391 e. The van der Waals surface area contributed by atoms with E-state index in [4.69, 9.17) is 28.4 Å². The van der Waals surface area contributed by atoms with Crippen LogP contribution in [0.4, 0.5) is 5.69 Å². The van der Waals surface area contributed by atoms with E-state index in [1.165, 1.54) is 24.5 Å². The van der Waals surface area contributed by atoms with Gasteiger partial charge in [0.2, 0.25) is 5.91 Å². The molecule has 3 aromatic carbocycles. The van der Waals surface area contributed by atoms with Crippen LogP contribution in [0.2, 0.25) is 10.0 Å². The molecule has 11 heteroatoms. The highest BCUT2D eigenvalue weighted by Crippen LogP contribution is 2.20. The van der Waals surface area contributed by atoms with E-state index in [1.807, 2.05) is 0 Å². The number of benzene rings is 3. The number of anilines is 1. The van der Waals surface area contributed by atoms with Crippen molar-refractivity contribution in [2.75, 3.05) is 11.9 Å². The summed E-state index contributed by atoms with van der Waals surface area (Å²) in [6.07, 6.45) is -1.21. The van der Waals surface area contributed by atoms with Gasteiger partial charge in [-0.05, 0) is 73.2 Å². The first-order valence-electron chi connectivity index (χ1n) is 11.8. The van der Waals surface area contributed by atoms with Crippen molar-refractivity contribution in [2.45, 2.75) is 25.6 Å². The lowest BCUT2D eigenvalue weighted by molar-refractivity contribution is -0.133. The Bertz CT molecular complexity index is 1380. The minimum absolute atomic E-state index is 0.100. The van der Waals surface area contributed by atoms with Gasteiger partial charge in [0.1, 0.15) is 6.04 Å². The molecule has 0 aliphatic heterocycles. The molecular formula is C28H26Cl2N4O5. The van der Waals surface area contributed by atoms with Crippen LogP contribution in [-0.2, 0) is 16.1 Å². The second kappa shape index (κ2) is 14.3. The maximum Gasteiger partial charge on any atom is 0.268 e. The molecule has 9 nitrogen and oxygen atoms in total. The van der Waals surface area contributed by atoms with Crippen molar-refractivity contribution in [1.82, 2.24) is 16.1 Å². The highest BCUT2D eigenvalue weighted by Gasteiger charge is 2.25. The zero-order valence-corrected chi connectivity index (χ0v) is 22.3. The number of hydrogen-bond acceptors (Lipinski definition) is 6. The molecular weight excluding hydrogens is 543 g/mol. The van der Waals surface area contributed by atoms with Gasteiger partial charge < -0.3 is 21.1 Å². The van der Waals surface area contributed by atoms with Gasteiger partial charge in [0, 0.05) is 39.0 Å². The van der Waals surface area contributed by atoms with E-state index in [9.17, 15) is 19.5 Å².